The van der Waals surface area contributed by atoms with Crippen LogP contribution < -0.4 is 5.32 Å². The number of carbonyl (C=O) groups excluding carboxylic acids is 1. The van der Waals surface area contributed by atoms with E-state index in [9.17, 15) is 9.59 Å². The summed E-state index contributed by atoms with van der Waals surface area (Å²) in [6.07, 6.45) is 2.13. The average molecular weight is 185 g/mol. The quantitative estimate of drug-likeness (QED) is 0.682. The van der Waals surface area contributed by atoms with Crippen LogP contribution in [0.25, 0.3) is 0 Å². The Labute approximate surface area is 77.3 Å². The smallest absolute Gasteiger partial charge is 0.304 e. The summed E-state index contributed by atoms with van der Waals surface area (Å²) >= 11 is 0. The molecule has 13 heavy (non-hydrogen) atoms. The maximum Gasteiger partial charge on any atom is 0.304 e. The van der Waals surface area contributed by atoms with Gasteiger partial charge in [-0.3, -0.25) is 9.59 Å². The molecule has 2 N–H and O–H groups in total. The van der Waals surface area contributed by atoms with E-state index in [4.69, 9.17) is 5.11 Å². The van der Waals surface area contributed by atoms with E-state index >= 15 is 0 Å². The minimum Gasteiger partial charge on any atom is -0.481 e. The minimum absolute atomic E-state index is 0.0463. The molecule has 1 unspecified atom stereocenters. The van der Waals surface area contributed by atoms with Crippen molar-refractivity contribution in [2.24, 2.45) is 5.41 Å². The van der Waals surface area contributed by atoms with Crippen molar-refractivity contribution in [1.82, 2.24) is 5.32 Å². The number of nitrogens with one attached hydrogen (secondary N) is 1. The van der Waals surface area contributed by atoms with Gasteiger partial charge >= 0.3 is 5.97 Å². The van der Waals surface area contributed by atoms with Crippen LogP contribution in [0.15, 0.2) is 0 Å². The van der Waals surface area contributed by atoms with Crippen LogP contribution in [-0.2, 0) is 9.59 Å². The summed E-state index contributed by atoms with van der Waals surface area (Å²) < 4.78 is 0. The molecule has 1 aliphatic heterocycles. The van der Waals surface area contributed by atoms with Gasteiger partial charge in [0.1, 0.15) is 0 Å². The standard InChI is InChI=1S/C9H15NO3/c1-2-9(6-7(11)12)4-3-5-10-8(9)13/h2-6H2,1H3,(H,10,13)(H,11,12). The maximum absolute atomic E-state index is 11.5. The van der Waals surface area contributed by atoms with Crippen LogP contribution >= 0.6 is 0 Å². The number of aliphatic carboxylic acids is 1. The number of hydrogen-bond acceptors (Lipinski definition) is 2. The Kier molecular flexibility index (Phi) is 2.90. The van der Waals surface area contributed by atoms with Crippen LogP contribution in [0.1, 0.15) is 32.6 Å². The molecule has 1 amide bonds. The van der Waals surface area contributed by atoms with Crippen molar-refractivity contribution < 1.29 is 14.7 Å². The predicted molar refractivity (Wildman–Crippen MR) is 47.2 cm³/mol. The number of amides is 1. The lowest BCUT2D eigenvalue weighted by Crippen LogP contribution is -2.46. The van der Waals surface area contributed by atoms with Gasteiger partial charge in [-0.15, -0.1) is 0 Å². The highest BCUT2D eigenvalue weighted by atomic mass is 16.4. The molecule has 1 atom stereocenters. The Bertz CT molecular complexity index is 227. The fraction of sp³-hybridized carbons (Fsp3) is 0.778. The Hall–Kier alpha value is -1.06. The van der Waals surface area contributed by atoms with E-state index in [1.54, 1.807) is 0 Å². The first kappa shape index (κ1) is 10.0. The van der Waals surface area contributed by atoms with Gasteiger partial charge in [0.2, 0.25) is 5.91 Å². The molecule has 0 aliphatic carbocycles. The Balaban J connectivity index is 2.76. The highest BCUT2D eigenvalue weighted by molar-refractivity contribution is 5.87. The lowest BCUT2D eigenvalue weighted by atomic mass is 9.75. The minimum atomic E-state index is -0.890. The number of hydrogen-bond donors (Lipinski definition) is 2. The van der Waals surface area contributed by atoms with Gasteiger partial charge in [-0.1, -0.05) is 6.92 Å². The largest absolute Gasteiger partial charge is 0.481 e. The molecular weight excluding hydrogens is 170 g/mol. The summed E-state index contributed by atoms with van der Waals surface area (Å²) in [5, 5.41) is 11.4. The van der Waals surface area contributed by atoms with E-state index in [-0.39, 0.29) is 12.3 Å². The van der Waals surface area contributed by atoms with Gasteiger partial charge in [0.25, 0.3) is 0 Å². The summed E-state index contributed by atoms with van der Waals surface area (Å²) in [6, 6.07) is 0. The van der Waals surface area contributed by atoms with Crippen molar-refractivity contribution in [2.45, 2.75) is 32.6 Å². The van der Waals surface area contributed by atoms with Crippen molar-refractivity contribution in [3.05, 3.63) is 0 Å². The summed E-state index contributed by atoms with van der Waals surface area (Å²) in [5.74, 6) is -0.984. The van der Waals surface area contributed by atoms with E-state index < -0.39 is 11.4 Å². The zero-order valence-electron chi connectivity index (χ0n) is 7.80. The molecule has 74 valence electrons. The first-order valence-corrected chi connectivity index (χ1v) is 4.61. The summed E-state index contributed by atoms with van der Waals surface area (Å²) in [4.78, 5) is 22.1. The lowest BCUT2D eigenvalue weighted by Gasteiger charge is -2.33. The van der Waals surface area contributed by atoms with Crippen LogP contribution in [0.3, 0.4) is 0 Å². The molecule has 0 aromatic rings. The third kappa shape index (κ3) is 1.99. The van der Waals surface area contributed by atoms with E-state index in [1.165, 1.54) is 0 Å². The summed E-state index contributed by atoms with van der Waals surface area (Å²) in [7, 11) is 0. The number of carboxylic acid groups (broad SMARTS) is 1. The second-order valence-corrected chi connectivity index (χ2v) is 3.56. The molecule has 4 nitrogen and oxygen atoms in total. The lowest BCUT2D eigenvalue weighted by molar-refractivity contribution is -0.147. The van der Waals surface area contributed by atoms with Crippen LogP contribution in [-0.4, -0.2) is 23.5 Å². The number of rotatable bonds is 3. The van der Waals surface area contributed by atoms with Crippen LogP contribution in [0.5, 0.6) is 0 Å². The molecule has 1 heterocycles. The molecule has 1 saturated heterocycles. The maximum atomic E-state index is 11.5. The molecule has 0 spiro atoms. The first-order valence-electron chi connectivity index (χ1n) is 4.61. The zero-order valence-corrected chi connectivity index (χ0v) is 7.80. The van der Waals surface area contributed by atoms with Crippen molar-refractivity contribution in [3.63, 3.8) is 0 Å². The first-order chi connectivity index (χ1) is 6.10. The molecular formula is C9H15NO3. The summed E-state index contributed by atoms with van der Waals surface area (Å²) in [6.45, 7) is 2.55. The Morgan fingerprint density at radius 1 is 1.69 bits per heavy atom. The SMILES string of the molecule is CCC1(CC(=O)O)CCCNC1=O. The van der Waals surface area contributed by atoms with Gasteiger partial charge in [-0.25, -0.2) is 0 Å². The molecule has 0 saturated carbocycles. The number of carbonyl (C=O) groups is 2. The van der Waals surface area contributed by atoms with Crippen LogP contribution in [0.2, 0.25) is 0 Å². The van der Waals surface area contributed by atoms with Gasteiger partial charge in [-0.05, 0) is 19.3 Å². The Morgan fingerprint density at radius 2 is 2.38 bits per heavy atom. The van der Waals surface area contributed by atoms with Crippen molar-refractivity contribution in [2.75, 3.05) is 6.54 Å². The van der Waals surface area contributed by atoms with Crippen molar-refractivity contribution in [1.29, 1.82) is 0 Å². The summed E-state index contributed by atoms with van der Waals surface area (Å²) in [5.41, 5.74) is -0.649. The van der Waals surface area contributed by atoms with Gasteiger partial charge in [0, 0.05) is 6.54 Å². The van der Waals surface area contributed by atoms with Gasteiger partial charge < -0.3 is 10.4 Å². The number of carboxylic acids is 1. The highest BCUT2D eigenvalue weighted by Crippen LogP contribution is 2.34. The normalized spacial score (nSPS) is 28.2. The molecule has 1 rings (SSSR count). The molecule has 4 heteroatoms. The zero-order chi connectivity index (χ0) is 9.90. The monoisotopic (exact) mass is 185 g/mol. The second-order valence-electron chi connectivity index (χ2n) is 3.56. The highest BCUT2D eigenvalue weighted by Gasteiger charge is 2.40. The topological polar surface area (TPSA) is 66.4 Å². The van der Waals surface area contributed by atoms with Gasteiger partial charge in [-0.2, -0.15) is 0 Å². The van der Waals surface area contributed by atoms with Crippen LogP contribution in [0.4, 0.5) is 0 Å². The fourth-order valence-corrected chi connectivity index (χ4v) is 1.85. The van der Waals surface area contributed by atoms with Crippen LogP contribution in [0, 0.1) is 5.41 Å². The van der Waals surface area contributed by atoms with Crippen molar-refractivity contribution in [3.8, 4) is 0 Å². The average Bonchev–Trinajstić information content (AvgIpc) is 2.08. The molecule has 0 radical (unpaired) electrons. The molecule has 1 aliphatic rings. The number of piperidine rings is 1. The van der Waals surface area contributed by atoms with Crippen molar-refractivity contribution >= 4 is 11.9 Å². The second kappa shape index (κ2) is 3.77. The Morgan fingerprint density at radius 3 is 2.85 bits per heavy atom. The van der Waals surface area contributed by atoms with Gasteiger partial charge in [0.05, 0.1) is 11.8 Å². The van der Waals surface area contributed by atoms with E-state index in [1.807, 2.05) is 6.92 Å². The van der Waals surface area contributed by atoms with E-state index in [2.05, 4.69) is 5.32 Å². The molecule has 0 aromatic heterocycles. The molecule has 0 bridgehead atoms. The van der Waals surface area contributed by atoms with Gasteiger partial charge in [0.15, 0.2) is 0 Å². The fourth-order valence-electron chi connectivity index (χ4n) is 1.85. The predicted octanol–water partition coefficient (Wildman–Crippen LogP) is 0.767. The molecule has 0 aromatic carbocycles. The third-order valence-electron chi connectivity index (χ3n) is 2.77. The van der Waals surface area contributed by atoms with E-state index in [0.717, 1.165) is 6.42 Å². The third-order valence-corrected chi connectivity index (χ3v) is 2.77. The molecule has 1 fully saturated rings. The van der Waals surface area contributed by atoms with E-state index in [0.29, 0.717) is 19.4 Å².